The van der Waals surface area contributed by atoms with E-state index < -0.39 is 6.04 Å². The first kappa shape index (κ1) is 13.6. The predicted octanol–water partition coefficient (Wildman–Crippen LogP) is 1.41. The van der Waals surface area contributed by atoms with Gasteiger partial charge in [-0.05, 0) is 30.5 Å². The second-order valence-electron chi connectivity index (χ2n) is 4.48. The van der Waals surface area contributed by atoms with Gasteiger partial charge in [0, 0.05) is 25.5 Å². The SMILES string of the molecule is CCN(Cc1ccncc1)C(=O)[C@@H](N)C(C)C. The minimum absolute atomic E-state index is 0.0133. The number of carbonyl (C=O) groups is 1. The third-order valence-corrected chi connectivity index (χ3v) is 2.82. The highest BCUT2D eigenvalue weighted by molar-refractivity contribution is 5.81. The van der Waals surface area contributed by atoms with Crippen LogP contribution < -0.4 is 5.73 Å². The summed E-state index contributed by atoms with van der Waals surface area (Å²) in [5, 5.41) is 0. The van der Waals surface area contributed by atoms with E-state index in [1.54, 1.807) is 17.3 Å². The summed E-state index contributed by atoms with van der Waals surface area (Å²) in [6.07, 6.45) is 3.46. The summed E-state index contributed by atoms with van der Waals surface area (Å²) in [6.45, 7) is 7.15. The molecule has 0 radical (unpaired) electrons. The Balaban J connectivity index is 2.69. The number of likely N-dealkylation sites (N-methyl/N-ethyl adjacent to an activating group) is 1. The lowest BCUT2D eigenvalue weighted by Gasteiger charge is -2.26. The van der Waals surface area contributed by atoms with Gasteiger partial charge in [-0.3, -0.25) is 9.78 Å². The van der Waals surface area contributed by atoms with Crippen molar-refractivity contribution in [3.8, 4) is 0 Å². The Bertz CT molecular complexity index is 351. The maximum Gasteiger partial charge on any atom is 0.240 e. The average molecular weight is 235 g/mol. The van der Waals surface area contributed by atoms with Crippen LogP contribution in [0.3, 0.4) is 0 Å². The Morgan fingerprint density at radius 2 is 2.00 bits per heavy atom. The molecule has 4 heteroatoms. The van der Waals surface area contributed by atoms with Gasteiger partial charge < -0.3 is 10.6 Å². The van der Waals surface area contributed by atoms with Gasteiger partial charge >= 0.3 is 0 Å². The normalized spacial score (nSPS) is 12.5. The molecule has 1 heterocycles. The van der Waals surface area contributed by atoms with Gasteiger partial charge in [0.05, 0.1) is 6.04 Å². The van der Waals surface area contributed by atoms with Crippen LogP contribution in [0.15, 0.2) is 24.5 Å². The number of hydrogen-bond acceptors (Lipinski definition) is 3. The Labute approximate surface area is 103 Å². The monoisotopic (exact) mass is 235 g/mol. The number of amides is 1. The Hall–Kier alpha value is -1.42. The number of aromatic nitrogens is 1. The van der Waals surface area contributed by atoms with Crippen LogP contribution in [0.1, 0.15) is 26.3 Å². The maximum absolute atomic E-state index is 12.1. The fourth-order valence-corrected chi connectivity index (χ4v) is 1.55. The minimum Gasteiger partial charge on any atom is -0.337 e. The topological polar surface area (TPSA) is 59.2 Å². The number of hydrogen-bond donors (Lipinski definition) is 1. The average Bonchev–Trinajstić information content (AvgIpc) is 2.35. The van der Waals surface area contributed by atoms with Crippen molar-refractivity contribution in [2.45, 2.75) is 33.4 Å². The molecule has 1 aromatic rings. The highest BCUT2D eigenvalue weighted by Crippen LogP contribution is 2.08. The highest BCUT2D eigenvalue weighted by Gasteiger charge is 2.22. The molecule has 0 aliphatic carbocycles. The molecule has 0 fully saturated rings. The van der Waals surface area contributed by atoms with Gasteiger partial charge in [0.15, 0.2) is 0 Å². The fourth-order valence-electron chi connectivity index (χ4n) is 1.55. The van der Waals surface area contributed by atoms with Gasteiger partial charge in [-0.1, -0.05) is 13.8 Å². The van der Waals surface area contributed by atoms with Crippen LogP contribution in [-0.4, -0.2) is 28.4 Å². The van der Waals surface area contributed by atoms with Gasteiger partial charge in [-0.2, -0.15) is 0 Å². The van der Waals surface area contributed by atoms with E-state index in [1.807, 2.05) is 32.9 Å². The summed E-state index contributed by atoms with van der Waals surface area (Å²) in [7, 11) is 0. The zero-order valence-electron chi connectivity index (χ0n) is 10.8. The quantitative estimate of drug-likeness (QED) is 0.839. The molecule has 0 bridgehead atoms. The number of nitrogens with two attached hydrogens (primary N) is 1. The molecule has 94 valence electrons. The van der Waals surface area contributed by atoms with Crippen molar-refractivity contribution in [3.05, 3.63) is 30.1 Å². The van der Waals surface area contributed by atoms with Crippen molar-refractivity contribution in [1.29, 1.82) is 0 Å². The van der Waals surface area contributed by atoms with Gasteiger partial charge in [0.2, 0.25) is 5.91 Å². The first-order valence-corrected chi connectivity index (χ1v) is 5.99. The number of rotatable bonds is 5. The zero-order chi connectivity index (χ0) is 12.8. The molecule has 0 saturated carbocycles. The molecular weight excluding hydrogens is 214 g/mol. The standard InChI is InChI=1S/C13H21N3O/c1-4-16(13(17)12(14)10(2)3)9-11-5-7-15-8-6-11/h5-8,10,12H,4,9,14H2,1-3H3/t12-/m0/s1. The van der Waals surface area contributed by atoms with Gasteiger partial charge in [0.1, 0.15) is 0 Å². The minimum atomic E-state index is -0.420. The zero-order valence-corrected chi connectivity index (χ0v) is 10.8. The van der Waals surface area contributed by atoms with E-state index in [0.29, 0.717) is 13.1 Å². The summed E-state index contributed by atoms with van der Waals surface area (Å²) in [4.78, 5) is 17.8. The van der Waals surface area contributed by atoms with Gasteiger partial charge in [-0.25, -0.2) is 0 Å². The number of nitrogens with zero attached hydrogens (tertiary/aromatic N) is 2. The summed E-state index contributed by atoms with van der Waals surface area (Å²) in [6, 6.07) is 3.41. The lowest BCUT2D eigenvalue weighted by molar-refractivity contribution is -0.134. The van der Waals surface area contributed by atoms with E-state index in [0.717, 1.165) is 5.56 Å². The third-order valence-electron chi connectivity index (χ3n) is 2.82. The van der Waals surface area contributed by atoms with E-state index in [1.165, 1.54) is 0 Å². The lowest BCUT2D eigenvalue weighted by atomic mass is 10.0. The summed E-state index contributed by atoms with van der Waals surface area (Å²) < 4.78 is 0. The number of carbonyl (C=O) groups excluding carboxylic acids is 1. The second-order valence-corrected chi connectivity index (χ2v) is 4.48. The van der Waals surface area contributed by atoms with Gasteiger partial charge in [0.25, 0.3) is 0 Å². The molecule has 0 aliphatic rings. The Morgan fingerprint density at radius 3 is 2.47 bits per heavy atom. The van der Waals surface area contributed by atoms with Crippen LogP contribution in [0.25, 0.3) is 0 Å². The first-order chi connectivity index (χ1) is 8.06. The maximum atomic E-state index is 12.1. The van der Waals surface area contributed by atoms with E-state index in [2.05, 4.69) is 4.98 Å². The van der Waals surface area contributed by atoms with E-state index in [-0.39, 0.29) is 11.8 Å². The van der Waals surface area contributed by atoms with Crippen molar-refractivity contribution in [1.82, 2.24) is 9.88 Å². The molecule has 0 saturated heterocycles. The molecule has 1 aromatic heterocycles. The van der Waals surface area contributed by atoms with Crippen LogP contribution in [-0.2, 0) is 11.3 Å². The summed E-state index contributed by atoms with van der Waals surface area (Å²) in [5.74, 6) is 0.174. The van der Waals surface area contributed by atoms with Crippen LogP contribution in [0.2, 0.25) is 0 Å². The molecule has 0 aliphatic heterocycles. The van der Waals surface area contributed by atoms with E-state index in [4.69, 9.17) is 5.73 Å². The molecule has 0 spiro atoms. The molecule has 1 amide bonds. The van der Waals surface area contributed by atoms with Crippen molar-refractivity contribution >= 4 is 5.91 Å². The molecule has 4 nitrogen and oxygen atoms in total. The third kappa shape index (κ3) is 3.82. The van der Waals surface area contributed by atoms with E-state index >= 15 is 0 Å². The van der Waals surface area contributed by atoms with Gasteiger partial charge in [-0.15, -0.1) is 0 Å². The molecule has 1 atom stereocenters. The lowest BCUT2D eigenvalue weighted by Crippen LogP contribution is -2.46. The van der Waals surface area contributed by atoms with Crippen molar-refractivity contribution in [2.75, 3.05) is 6.54 Å². The molecule has 17 heavy (non-hydrogen) atoms. The largest absolute Gasteiger partial charge is 0.337 e. The van der Waals surface area contributed by atoms with Crippen LogP contribution in [0.4, 0.5) is 0 Å². The van der Waals surface area contributed by atoms with Crippen LogP contribution >= 0.6 is 0 Å². The van der Waals surface area contributed by atoms with Crippen molar-refractivity contribution in [2.24, 2.45) is 11.7 Å². The van der Waals surface area contributed by atoms with Crippen molar-refractivity contribution in [3.63, 3.8) is 0 Å². The molecule has 2 N–H and O–H groups in total. The molecule has 1 rings (SSSR count). The Kier molecular flexibility index (Phi) is 5.10. The first-order valence-electron chi connectivity index (χ1n) is 5.99. The Morgan fingerprint density at radius 1 is 1.41 bits per heavy atom. The fraction of sp³-hybridized carbons (Fsp3) is 0.538. The number of pyridine rings is 1. The summed E-state index contributed by atoms with van der Waals surface area (Å²) in [5.41, 5.74) is 6.96. The molecule has 0 aromatic carbocycles. The smallest absolute Gasteiger partial charge is 0.240 e. The van der Waals surface area contributed by atoms with Crippen molar-refractivity contribution < 1.29 is 4.79 Å². The highest BCUT2D eigenvalue weighted by atomic mass is 16.2. The predicted molar refractivity (Wildman–Crippen MR) is 68.1 cm³/mol. The van der Waals surface area contributed by atoms with Crippen LogP contribution in [0, 0.1) is 5.92 Å². The molecular formula is C13H21N3O. The van der Waals surface area contributed by atoms with E-state index in [9.17, 15) is 4.79 Å². The van der Waals surface area contributed by atoms with Crippen LogP contribution in [0.5, 0.6) is 0 Å². The second kappa shape index (κ2) is 6.35. The summed E-state index contributed by atoms with van der Waals surface area (Å²) >= 11 is 0. The molecule has 0 unspecified atom stereocenters.